The summed E-state index contributed by atoms with van der Waals surface area (Å²) in [5.41, 5.74) is 0.973. The second kappa shape index (κ2) is 8.59. The molecule has 0 atom stereocenters. The SMILES string of the molecule is CCCCNC(=O)NC(=O)CN(C)Cc1nc2ccccc2s1. The number of hydrogen-bond acceptors (Lipinski definition) is 5. The van der Waals surface area contributed by atoms with Gasteiger partial charge in [0.25, 0.3) is 0 Å². The van der Waals surface area contributed by atoms with E-state index in [9.17, 15) is 9.59 Å². The molecular formula is C16H22N4O2S. The summed E-state index contributed by atoms with van der Waals surface area (Å²) in [4.78, 5) is 29.7. The number of para-hydroxylation sites is 1. The maximum absolute atomic E-state index is 11.8. The van der Waals surface area contributed by atoms with Crippen LogP contribution in [0.5, 0.6) is 0 Å². The van der Waals surface area contributed by atoms with E-state index in [1.54, 1.807) is 11.3 Å². The molecule has 0 saturated carbocycles. The van der Waals surface area contributed by atoms with E-state index in [-0.39, 0.29) is 12.5 Å². The maximum atomic E-state index is 11.8. The third kappa shape index (κ3) is 5.61. The lowest BCUT2D eigenvalue weighted by molar-refractivity contribution is -0.120. The Morgan fingerprint density at radius 1 is 1.30 bits per heavy atom. The predicted molar refractivity (Wildman–Crippen MR) is 92.4 cm³/mol. The van der Waals surface area contributed by atoms with Crippen LogP contribution in [-0.4, -0.2) is 42.0 Å². The lowest BCUT2D eigenvalue weighted by atomic mass is 10.3. The summed E-state index contributed by atoms with van der Waals surface area (Å²) < 4.78 is 1.13. The van der Waals surface area contributed by atoms with Crippen molar-refractivity contribution in [3.05, 3.63) is 29.3 Å². The summed E-state index contributed by atoms with van der Waals surface area (Å²) in [5, 5.41) is 5.94. The third-order valence-corrected chi connectivity index (χ3v) is 4.25. The van der Waals surface area contributed by atoms with Crippen LogP contribution in [0.4, 0.5) is 4.79 Å². The van der Waals surface area contributed by atoms with Gasteiger partial charge in [0.15, 0.2) is 0 Å². The number of carbonyl (C=O) groups is 2. The minimum absolute atomic E-state index is 0.150. The van der Waals surface area contributed by atoms with Crippen LogP contribution in [0, 0.1) is 0 Å². The first-order chi connectivity index (χ1) is 11.1. The Morgan fingerprint density at radius 2 is 2.09 bits per heavy atom. The molecule has 0 aliphatic carbocycles. The van der Waals surface area contributed by atoms with E-state index in [2.05, 4.69) is 15.6 Å². The van der Waals surface area contributed by atoms with Crippen LogP contribution < -0.4 is 10.6 Å². The number of urea groups is 1. The van der Waals surface area contributed by atoms with E-state index in [4.69, 9.17) is 0 Å². The number of rotatable bonds is 7. The molecular weight excluding hydrogens is 312 g/mol. The van der Waals surface area contributed by atoms with Gasteiger partial charge in [0.05, 0.1) is 23.3 Å². The van der Waals surface area contributed by atoms with E-state index in [1.165, 1.54) is 0 Å². The number of likely N-dealkylation sites (N-methyl/N-ethyl adjacent to an activating group) is 1. The average Bonchev–Trinajstić information content (AvgIpc) is 2.88. The highest BCUT2D eigenvalue weighted by Crippen LogP contribution is 2.22. The molecule has 0 fully saturated rings. The molecule has 0 saturated heterocycles. The number of carbonyl (C=O) groups excluding carboxylic acids is 2. The van der Waals surface area contributed by atoms with Gasteiger partial charge in [-0.05, 0) is 25.6 Å². The molecule has 6 nitrogen and oxygen atoms in total. The van der Waals surface area contributed by atoms with Crippen LogP contribution in [0.2, 0.25) is 0 Å². The molecule has 23 heavy (non-hydrogen) atoms. The van der Waals surface area contributed by atoms with Crippen molar-refractivity contribution >= 4 is 33.5 Å². The number of benzene rings is 1. The molecule has 1 aromatic heterocycles. The number of amides is 3. The first-order valence-electron chi connectivity index (χ1n) is 7.69. The zero-order valence-corrected chi connectivity index (χ0v) is 14.3. The Hall–Kier alpha value is -1.99. The number of thiazole rings is 1. The summed E-state index contributed by atoms with van der Waals surface area (Å²) >= 11 is 1.62. The lowest BCUT2D eigenvalue weighted by Gasteiger charge is -2.14. The molecule has 7 heteroatoms. The van der Waals surface area contributed by atoms with Gasteiger partial charge in [-0.15, -0.1) is 11.3 Å². The van der Waals surface area contributed by atoms with Gasteiger partial charge in [-0.3, -0.25) is 15.0 Å². The first-order valence-corrected chi connectivity index (χ1v) is 8.50. The summed E-state index contributed by atoms with van der Waals surface area (Å²) in [6.45, 7) is 3.35. The van der Waals surface area contributed by atoms with Crippen molar-refractivity contribution in [3.63, 3.8) is 0 Å². The summed E-state index contributed by atoms with van der Waals surface area (Å²) in [6, 6.07) is 7.52. The molecule has 1 heterocycles. The van der Waals surface area contributed by atoms with Crippen LogP contribution in [0.3, 0.4) is 0 Å². The highest BCUT2D eigenvalue weighted by Gasteiger charge is 2.12. The number of hydrogen-bond donors (Lipinski definition) is 2. The molecule has 0 spiro atoms. The van der Waals surface area contributed by atoms with Crippen molar-refractivity contribution in [3.8, 4) is 0 Å². The molecule has 0 aliphatic rings. The van der Waals surface area contributed by atoms with Gasteiger partial charge in [0.1, 0.15) is 5.01 Å². The Morgan fingerprint density at radius 3 is 2.83 bits per heavy atom. The highest BCUT2D eigenvalue weighted by atomic mass is 32.1. The monoisotopic (exact) mass is 334 g/mol. The summed E-state index contributed by atoms with van der Waals surface area (Å²) in [5.74, 6) is -0.317. The second-order valence-electron chi connectivity index (χ2n) is 5.41. The minimum atomic E-state index is -0.433. The number of fused-ring (bicyclic) bond motifs is 1. The Bertz CT molecular complexity index is 638. The molecule has 3 amide bonds. The van der Waals surface area contributed by atoms with Crippen molar-refractivity contribution < 1.29 is 9.59 Å². The fraction of sp³-hybridized carbons (Fsp3) is 0.438. The van der Waals surface area contributed by atoms with Crippen molar-refractivity contribution in [1.29, 1.82) is 0 Å². The van der Waals surface area contributed by atoms with Gasteiger partial charge in [0, 0.05) is 6.54 Å². The van der Waals surface area contributed by atoms with Crippen molar-refractivity contribution in [2.75, 3.05) is 20.1 Å². The Labute approximate surface area is 139 Å². The van der Waals surface area contributed by atoms with Crippen molar-refractivity contribution in [2.45, 2.75) is 26.3 Å². The van der Waals surface area contributed by atoms with E-state index >= 15 is 0 Å². The fourth-order valence-corrected chi connectivity index (χ4v) is 3.16. The van der Waals surface area contributed by atoms with Gasteiger partial charge in [-0.1, -0.05) is 25.5 Å². The van der Waals surface area contributed by atoms with Gasteiger partial charge in [0.2, 0.25) is 5.91 Å². The number of imide groups is 1. The fourth-order valence-electron chi connectivity index (χ4n) is 2.11. The van der Waals surface area contributed by atoms with Gasteiger partial charge < -0.3 is 5.32 Å². The first kappa shape index (κ1) is 17.4. The lowest BCUT2D eigenvalue weighted by Crippen LogP contribution is -2.43. The van der Waals surface area contributed by atoms with Crippen LogP contribution in [0.25, 0.3) is 10.2 Å². The minimum Gasteiger partial charge on any atom is -0.338 e. The van der Waals surface area contributed by atoms with E-state index < -0.39 is 6.03 Å². The smallest absolute Gasteiger partial charge is 0.321 e. The van der Waals surface area contributed by atoms with Crippen LogP contribution in [-0.2, 0) is 11.3 Å². The summed E-state index contributed by atoms with van der Waals surface area (Å²) in [7, 11) is 1.83. The maximum Gasteiger partial charge on any atom is 0.321 e. The zero-order chi connectivity index (χ0) is 16.7. The van der Waals surface area contributed by atoms with Crippen molar-refractivity contribution in [2.24, 2.45) is 0 Å². The molecule has 2 rings (SSSR count). The molecule has 0 aliphatic heterocycles. The quantitative estimate of drug-likeness (QED) is 0.762. The van der Waals surface area contributed by atoms with Gasteiger partial charge >= 0.3 is 6.03 Å². The summed E-state index contributed by atoms with van der Waals surface area (Å²) in [6.07, 6.45) is 1.90. The number of aromatic nitrogens is 1. The molecule has 0 radical (unpaired) electrons. The number of nitrogens with one attached hydrogen (secondary N) is 2. The topological polar surface area (TPSA) is 74.3 Å². The molecule has 2 aromatic rings. The zero-order valence-electron chi connectivity index (χ0n) is 13.5. The van der Waals surface area contributed by atoms with Crippen molar-refractivity contribution in [1.82, 2.24) is 20.5 Å². The Balaban J connectivity index is 1.78. The highest BCUT2D eigenvalue weighted by molar-refractivity contribution is 7.18. The van der Waals surface area contributed by atoms with Gasteiger partial charge in [-0.2, -0.15) is 0 Å². The van der Waals surface area contributed by atoms with E-state index in [0.29, 0.717) is 13.1 Å². The average molecular weight is 334 g/mol. The predicted octanol–water partition coefficient (Wildman–Crippen LogP) is 2.35. The van der Waals surface area contributed by atoms with Crippen LogP contribution >= 0.6 is 11.3 Å². The van der Waals surface area contributed by atoms with Gasteiger partial charge in [-0.25, -0.2) is 9.78 Å². The van der Waals surface area contributed by atoms with Crippen LogP contribution in [0.15, 0.2) is 24.3 Å². The number of unbranched alkanes of at least 4 members (excludes halogenated alkanes) is 1. The molecule has 0 bridgehead atoms. The molecule has 124 valence electrons. The number of nitrogens with zero attached hydrogens (tertiary/aromatic N) is 2. The molecule has 0 unspecified atom stereocenters. The molecule has 1 aromatic carbocycles. The Kier molecular flexibility index (Phi) is 6.49. The van der Waals surface area contributed by atoms with E-state index in [1.807, 2.05) is 43.1 Å². The van der Waals surface area contributed by atoms with E-state index in [0.717, 1.165) is 28.1 Å². The van der Waals surface area contributed by atoms with Crippen LogP contribution in [0.1, 0.15) is 24.8 Å². The second-order valence-corrected chi connectivity index (χ2v) is 6.52. The standard InChI is InChI=1S/C16H22N4O2S/c1-3-4-9-17-16(22)19-14(21)10-20(2)11-15-18-12-7-5-6-8-13(12)23-15/h5-8H,3-4,9-11H2,1-2H3,(H2,17,19,21,22). The third-order valence-electron chi connectivity index (χ3n) is 3.23. The molecule has 2 N–H and O–H groups in total. The normalized spacial score (nSPS) is 10.9. The largest absolute Gasteiger partial charge is 0.338 e.